The third-order valence-corrected chi connectivity index (χ3v) is 3.72. The molecule has 0 amide bonds. The van der Waals surface area contributed by atoms with Crippen LogP contribution in [0.15, 0.2) is 17.1 Å². The van der Waals surface area contributed by atoms with Crippen LogP contribution >= 0.6 is 0 Å². The third kappa shape index (κ3) is 2.33. The van der Waals surface area contributed by atoms with Crippen molar-refractivity contribution in [1.29, 1.82) is 0 Å². The average Bonchev–Trinajstić information content (AvgIpc) is 2.82. The monoisotopic (exact) mass is 244 g/mol. The summed E-state index contributed by atoms with van der Waals surface area (Å²) in [5, 5.41) is 3.37. The van der Waals surface area contributed by atoms with Crippen molar-refractivity contribution < 1.29 is 0 Å². The highest BCUT2D eigenvalue weighted by atomic mass is 15.3. The molecule has 3 rings (SSSR count). The van der Waals surface area contributed by atoms with E-state index in [1.807, 2.05) is 0 Å². The van der Waals surface area contributed by atoms with Gasteiger partial charge in [-0.2, -0.15) is 0 Å². The van der Waals surface area contributed by atoms with Gasteiger partial charge in [0.05, 0.1) is 18.8 Å². The second kappa shape index (κ2) is 4.96. The molecule has 2 aliphatic rings. The molecule has 18 heavy (non-hydrogen) atoms. The maximum atomic E-state index is 4.76. The molecule has 1 N–H and O–H groups in total. The Morgan fingerprint density at radius 2 is 2.17 bits per heavy atom. The lowest BCUT2D eigenvalue weighted by Crippen LogP contribution is -2.35. The quantitative estimate of drug-likeness (QED) is 0.854. The summed E-state index contributed by atoms with van der Waals surface area (Å²) >= 11 is 0. The molecular weight excluding hydrogens is 224 g/mol. The molecule has 0 bridgehead atoms. The molecule has 0 aromatic carbocycles. The van der Waals surface area contributed by atoms with Crippen LogP contribution in [0.25, 0.3) is 0 Å². The van der Waals surface area contributed by atoms with Crippen molar-refractivity contribution in [3.05, 3.63) is 29.1 Å². The van der Waals surface area contributed by atoms with E-state index in [0.29, 0.717) is 0 Å². The minimum Gasteiger partial charge on any atom is -0.351 e. The molecule has 1 aliphatic carbocycles. The van der Waals surface area contributed by atoms with Crippen LogP contribution in [-0.2, 0) is 19.4 Å². The van der Waals surface area contributed by atoms with E-state index in [9.17, 15) is 0 Å². The Morgan fingerprint density at radius 3 is 3.00 bits per heavy atom. The van der Waals surface area contributed by atoms with Crippen LogP contribution in [0.2, 0.25) is 0 Å². The minimum absolute atomic E-state index is 0.774. The van der Waals surface area contributed by atoms with E-state index < -0.39 is 0 Å². The zero-order valence-corrected chi connectivity index (χ0v) is 10.9. The first kappa shape index (κ1) is 11.5. The minimum atomic E-state index is 0.774. The van der Waals surface area contributed by atoms with Gasteiger partial charge in [0.25, 0.3) is 0 Å². The molecule has 0 spiro atoms. The van der Waals surface area contributed by atoms with E-state index >= 15 is 0 Å². The summed E-state index contributed by atoms with van der Waals surface area (Å²) in [6.07, 6.45) is 4.94. The number of pyridine rings is 1. The maximum Gasteiger partial charge on any atom is 0.194 e. The molecule has 2 heterocycles. The molecule has 1 aromatic rings. The SMILES string of the molecule is CN1CCN=C1NCc1ccc2c(n1)CCCC2. The molecule has 4 nitrogen and oxygen atoms in total. The third-order valence-electron chi connectivity index (χ3n) is 3.72. The normalized spacial score (nSPS) is 18.5. The lowest BCUT2D eigenvalue weighted by Gasteiger charge is -2.17. The van der Waals surface area contributed by atoms with Gasteiger partial charge in [0, 0.05) is 19.3 Å². The fourth-order valence-electron chi connectivity index (χ4n) is 2.62. The first-order valence-corrected chi connectivity index (χ1v) is 6.80. The van der Waals surface area contributed by atoms with Gasteiger partial charge in [-0.3, -0.25) is 9.98 Å². The molecule has 96 valence electrons. The van der Waals surface area contributed by atoms with Crippen LogP contribution < -0.4 is 5.32 Å². The smallest absolute Gasteiger partial charge is 0.194 e. The molecule has 0 saturated heterocycles. The number of likely N-dealkylation sites (N-methyl/N-ethyl adjacent to an activating group) is 1. The highest BCUT2D eigenvalue weighted by Gasteiger charge is 2.13. The van der Waals surface area contributed by atoms with Crippen LogP contribution in [0, 0.1) is 0 Å². The van der Waals surface area contributed by atoms with Crippen LogP contribution in [0.4, 0.5) is 0 Å². The van der Waals surface area contributed by atoms with Crippen molar-refractivity contribution in [3.63, 3.8) is 0 Å². The molecule has 1 aliphatic heterocycles. The van der Waals surface area contributed by atoms with Crippen LogP contribution in [0.1, 0.15) is 29.8 Å². The Hall–Kier alpha value is -1.58. The second-order valence-electron chi connectivity index (χ2n) is 5.10. The van der Waals surface area contributed by atoms with E-state index in [2.05, 4.69) is 34.4 Å². The van der Waals surface area contributed by atoms with E-state index in [-0.39, 0.29) is 0 Å². The zero-order chi connectivity index (χ0) is 12.4. The summed E-state index contributed by atoms with van der Waals surface area (Å²) in [5.41, 5.74) is 3.88. The summed E-state index contributed by atoms with van der Waals surface area (Å²) < 4.78 is 0. The van der Waals surface area contributed by atoms with Gasteiger partial charge in [0.2, 0.25) is 0 Å². The number of nitrogens with zero attached hydrogens (tertiary/aromatic N) is 3. The van der Waals surface area contributed by atoms with Crippen LogP contribution in [0.3, 0.4) is 0 Å². The number of aryl methyl sites for hydroxylation is 2. The first-order valence-electron chi connectivity index (χ1n) is 6.80. The van der Waals surface area contributed by atoms with Crippen molar-refractivity contribution in [2.45, 2.75) is 32.2 Å². The topological polar surface area (TPSA) is 40.5 Å². The Labute approximate surface area is 108 Å². The lowest BCUT2D eigenvalue weighted by molar-refractivity contribution is 0.533. The standard InChI is InChI=1S/C14H20N4/c1-18-9-8-15-14(18)16-10-12-7-6-11-4-2-3-5-13(11)17-12/h6-7H,2-5,8-10H2,1H3,(H,15,16). The Kier molecular flexibility index (Phi) is 3.17. The van der Waals surface area contributed by atoms with Gasteiger partial charge in [-0.05, 0) is 37.3 Å². The average molecular weight is 244 g/mol. The van der Waals surface area contributed by atoms with Crippen molar-refractivity contribution in [2.75, 3.05) is 20.1 Å². The predicted molar refractivity (Wildman–Crippen MR) is 72.7 cm³/mol. The molecule has 0 unspecified atom stereocenters. The Balaban J connectivity index is 1.66. The first-order chi connectivity index (χ1) is 8.83. The summed E-state index contributed by atoms with van der Waals surface area (Å²) in [5.74, 6) is 0.995. The maximum absolute atomic E-state index is 4.76. The highest BCUT2D eigenvalue weighted by Crippen LogP contribution is 2.19. The number of guanidine groups is 1. The number of aromatic nitrogens is 1. The van der Waals surface area contributed by atoms with Gasteiger partial charge in [-0.15, -0.1) is 0 Å². The number of aliphatic imine (C=N–C) groups is 1. The summed E-state index contributed by atoms with van der Waals surface area (Å²) in [7, 11) is 2.07. The second-order valence-corrected chi connectivity index (χ2v) is 5.10. The number of hydrogen-bond acceptors (Lipinski definition) is 4. The number of fused-ring (bicyclic) bond motifs is 1. The highest BCUT2D eigenvalue weighted by molar-refractivity contribution is 5.81. The van der Waals surface area contributed by atoms with Crippen molar-refractivity contribution in [1.82, 2.24) is 15.2 Å². The lowest BCUT2D eigenvalue weighted by atomic mass is 9.96. The van der Waals surface area contributed by atoms with Crippen molar-refractivity contribution >= 4 is 5.96 Å². The van der Waals surface area contributed by atoms with Gasteiger partial charge in [0.1, 0.15) is 0 Å². The molecule has 4 heteroatoms. The molecular formula is C14H20N4. The van der Waals surface area contributed by atoms with Gasteiger partial charge in [0.15, 0.2) is 5.96 Å². The van der Waals surface area contributed by atoms with Crippen molar-refractivity contribution in [3.8, 4) is 0 Å². The fourth-order valence-corrected chi connectivity index (χ4v) is 2.62. The van der Waals surface area contributed by atoms with Crippen LogP contribution in [-0.4, -0.2) is 36.0 Å². The summed E-state index contributed by atoms with van der Waals surface area (Å²) in [6.45, 7) is 2.69. The molecule has 0 saturated carbocycles. The van der Waals surface area contributed by atoms with E-state index in [0.717, 1.165) is 37.7 Å². The molecule has 0 fully saturated rings. The van der Waals surface area contributed by atoms with Crippen LogP contribution in [0.5, 0.6) is 0 Å². The molecule has 0 atom stereocenters. The van der Waals surface area contributed by atoms with Gasteiger partial charge in [-0.25, -0.2) is 0 Å². The predicted octanol–water partition coefficient (Wildman–Crippen LogP) is 1.35. The summed E-state index contributed by atoms with van der Waals surface area (Å²) in [4.78, 5) is 11.3. The van der Waals surface area contributed by atoms with E-state index in [4.69, 9.17) is 4.98 Å². The molecule has 1 aromatic heterocycles. The number of rotatable bonds is 2. The Bertz CT molecular complexity index is 467. The van der Waals surface area contributed by atoms with E-state index in [1.165, 1.54) is 30.5 Å². The summed E-state index contributed by atoms with van der Waals surface area (Å²) in [6, 6.07) is 4.39. The van der Waals surface area contributed by atoms with Gasteiger partial charge < -0.3 is 10.2 Å². The largest absolute Gasteiger partial charge is 0.351 e. The number of nitrogens with one attached hydrogen (secondary N) is 1. The van der Waals surface area contributed by atoms with E-state index in [1.54, 1.807) is 0 Å². The van der Waals surface area contributed by atoms with Gasteiger partial charge in [-0.1, -0.05) is 6.07 Å². The molecule has 0 radical (unpaired) electrons. The van der Waals surface area contributed by atoms with Gasteiger partial charge >= 0.3 is 0 Å². The van der Waals surface area contributed by atoms with Crippen molar-refractivity contribution in [2.24, 2.45) is 4.99 Å². The zero-order valence-electron chi connectivity index (χ0n) is 10.9. The Morgan fingerprint density at radius 1 is 1.28 bits per heavy atom. The number of hydrogen-bond donors (Lipinski definition) is 1. The fraction of sp³-hybridized carbons (Fsp3) is 0.571.